The molecule has 0 saturated heterocycles. The first kappa shape index (κ1) is 22.3. The highest BCUT2D eigenvalue weighted by atomic mass is 35.5. The molecule has 0 bridgehead atoms. The van der Waals surface area contributed by atoms with Crippen molar-refractivity contribution in [2.45, 2.75) is 31.6 Å². The van der Waals surface area contributed by atoms with E-state index in [2.05, 4.69) is 31.7 Å². The van der Waals surface area contributed by atoms with Gasteiger partial charge in [0.25, 0.3) is 5.91 Å². The summed E-state index contributed by atoms with van der Waals surface area (Å²) in [5.41, 5.74) is 0.115. The maximum Gasteiger partial charge on any atom is 0.487 e. The summed E-state index contributed by atoms with van der Waals surface area (Å²) < 4.78 is 37.8. The van der Waals surface area contributed by atoms with Crippen LogP contribution in [0.25, 0.3) is 22.3 Å². The summed E-state index contributed by atoms with van der Waals surface area (Å²) in [5.74, 6) is 0.295. The number of aromatic amines is 1. The average Bonchev–Trinajstić information content (AvgIpc) is 3.46. The summed E-state index contributed by atoms with van der Waals surface area (Å²) in [6, 6.07) is 11.0. The molecular formula is C23H20ClF2N5O3. The lowest BCUT2D eigenvalue weighted by molar-refractivity contribution is -0.0964. The number of nitrogens with zero attached hydrogens (tertiary/aromatic N) is 3. The topological polar surface area (TPSA) is 94.1 Å². The van der Waals surface area contributed by atoms with E-state index in [9.17, 15) is 13.6 Å². The van der Waals surface area contributed by atoms with E-state index in [-0.39, 0.29) is 17.7 Å². The lowest BCUT2D eigenvalue weighted by Gasteiger charge is -2.25. The van der Waals surface area contributed by atoms with Crippen LogP contribution in [0.15, 0.2) is 48.7 Å². The standard InChI is InChI=1S/C23H20ClF2N5O3/c1-2-15-11-33-12-20-29-19-10-13(9-17(21(19)31(15)20)18-7-8-27-30-18)22(32)28-14-3-5-16(6-4-14)34-23(24,25)26/h3-10,15H,2,11-12H2,1H3,(H,27,30)(H,28,32)/t15-/m1/s1. The van der Waals surface area contributed by atoms with E-state index in [1.54, 1.807) is 18.3 Å². The molecule has 4 aromatic rings. The van der Waals surface area contributed by atoms with E-state index in [1.807, 2.05) is 6.07 Å². The van der Waals surface area contributed by atoms with Crippen LogP contribution in [0.1, 0.15) is 35.6 Å². The Morgan fingerprint density at radius 2 is 2.12 bits per heavy atom. The van der Waals surface area contributed by atoms with Gasteiger partial charge in [-0.3, -0.25) is 9.89 Å². The van der Waals surface area contributed by atoms with Crippen LogP contribution in [-0.4, -0.2) is 37.8 Å². The predicted molar refractivity (Wildman–Crippen MR) is 122 cm³/mol. The number of fused-ring (bicyclic) bond motifs is 3. The van der Waals surface area contributed by atoms with Crippen LogP contribution in [-0.2, 0) is 11.3 Å². The maximum absolute atomic E-state index is 13.1. The number of hydrogen-bond acceptors (Lipinski definition) is 5. The van der Waals surface area contributed by atoms with Gasteiger partial charge in [0.2, 0.25) is 0 Å². The number of benzene rings is 2. The second-order valence-electron chi connectivity index (χ2n) is 7.86. The molecule has 2 aromatic carbocycles. The zero-order valence-electron chi connectivity index (χ0n) is 18.0. The number of alkyl halides is 3. The lowest BCUT2D eigenvalue weighted by atomic mass is 10.0. The van der Waals surface area contributed by atoms with Crippen molar-refractivity contribution in [1.82, 2.24) is 19.7 Å². The summed E-state index contributed by atoms with van der Waals surface area (Å²) in [6.07, 6.45) is 2.52. The third-order valence-electron chi connectivity index (χ3n) is 5.63. The Bertz CT molecular complexity index is 1330. The number of carbonyl (C=O) groups is 1. The zero-order valence-corrected chi connectivity index (χ0v) is 18.8. The quantitative estimate of drug-likeness (QED) is 0.359. The van der Waals surface area contributed by atoms with Crippen molar-refractivity contribution in [3.8, 4) is 17.0 Å². The number of carbonyl (C=O) groups excluding carboxylic acids is 1. The summed E-state index contributed by atoms with van der Waals surface area (Å²) >= 11 is 4.78. The van der Waals surface area contributed by atoms with Crippen molar-refractivity contribution >= 4 is 34.2 Å². The summed E-state index contributed by atoms with van der Waals surface area (Å²) in [7, 11) is 0. The van der Waals surface area contributed by atoms with E-state index >= 15 is 0 Å². The van der Waals surface area contributed by atoms with Crippen molar-refractivity contribution in [1.29, 1.82) is 0 Å². The van der Waals surface area contributed by atoms with Crippen LogP contribution in [0.4, 0.5) is 14.5 Å². The third-order valence-corrected chi connectivity index (χ3v) is 5.71. The molecule has 0 spiro atoms. The van der Waals surface area contributed by atoms with Crippen molar-refractivity contribution in [3.63, 3.8) is 0 Å². The van der Waals surface area contributed by atoms with Crippen molar-refractivity contribution in [3.05, 3.63) is 60.0 Å². The maximum atomic E-state index is 13.1. The molecule has 1 aliphatic heterocycles. The lowest BCUT2D eigenvalue weighted by Crippen LogP contribution is -2.23. The van der Waals surface area contributed by atoms with Crippen molar-refractivity contribution in [2.75, 3.05) is 11.9 Å². The molecule has 2 aromatic heterocycles. The highest BCUT2D eigenvalue weighted by molar-refractivity contribution is 6.20. The Kier molecular flexibility index (Phi) is 5.70. The molecule has 5 rings (SSSR count). The number of imidazole rings is 1. The molecule has 0 unspecified atom stereocenters. The fourth-order valence-corrected chi connectivity index (χ4v) is 4.21. The van der Waals surface area contributed by atoms with Crippen LogP contribution in [0.3, 0.4) is 0 Å². The number of rotatable bonds is 6. The van der Waals surface area contributed by atoms with Gasteiger partial charge in [0.05, 0.1) is 29.4 Å². The normalized spacial score (nSPS) is 15.8. The van der Waals surface area contributed by atoms with Gasteiger partial charge in [0.1, 0.15) is 18.2 Å². The zero-order chi connectivity index (χ0) is 23.9. The van der Waals surface area contributed by atoms with Gasteiger partial charge in [-0.05, 0) is 48.9 Å². The predicted octanol–water partition coefficient (Wildman–Crippen LogP) is 5.33. The van der Waals surface area contributed by atoms with Gasteiger partial charge in [-0.25, -0.2) is 4.98 Å². The minimum absolute atomic E-state index is 0.128. The van der Waals surface area contributed by atoms with E-state index in [4.69, 9.17) is 21.3 Å². The SMILES string of the molecule is CC[C@@H]1COCc2nc3cc(C(=O)Nc4ccc(OC(F)(F)Cl)cc4)cc(-c4ccn[nH]4)c3n21. The Morgan fingerprint density at radius 3 is 2.79 bits per heavy atom. The Balaban J connectivity index is 1.51. The second-order valence-corrected chi connectivity index (χ2v) is 8.30. The summed E-state index contributed by atoms with van der Waals surface area (Å²) in [6.45, 7) is 3.08. The molecule has 176 valence electrons. The number of H-pyrrole nitrogens is 1. The molecule has 0 fully saturated rings. The van der Waals surface area contributed by atoms with Gasteiger partial charge in [-0.15, -0.1) is 8.78 Å². The fourth-order valence-electron chi connectivity index (χ4n) is 4.12. The van der Waals surface area contributed by atoms with Crippen LogP contribution in [0.5, 0.6) is 5.75 Å². The number of aromatic nitrogens is 4. The average molecular weight is 488 g/mol. The first-order valence-corrected chi connectivity index (χ1v) is 11.0. The molecule has 1 aliphatic rings. The van der Waals surface area contributed by atoms with E-state index < -0.39 is 5.57 Å². The Labute approximate surface area is 197 Å². The highest BCUT2D eigenvalue weighted by Gasteiger charge is 2.28. The van der Waals surface area contributed by atoms with Crippen LogP contribution in [0, 0.1) is 0 Å². The monoisotopic (exact) mass is 487 g/mol. The molecule has 34 heavy (non-hydrogen) atoms. The molecule has 1 atom stereocenters. The molecule has 0 radical (unpaired) electrons. The smallest absolute Gasteiger partial charge is 0.420 e. The number of amides is 1. The molecule has 1 amide bonds. The second kappa shape index (κ2) is 8.69. The van der Waals surface area contributed by atoms with E-state index in [0.717, 1.165) is 29.0 Å². The molecule has 2 N–H and O–H groups in total. The van der Waals surface area contributed by atoms with Gasteiger partial charge >= 0.3 is 5.57 Å². The molecule has 0 aliphatic carbocycles. The van der Waals surface area contributed by atoms with E-state index in [1.165, 1.54) is 24.3 Å². The van der Waals surface area contributed by atoms with E-state index in [0.29, 0.717) is 30.0 Å². The van der Waals surface area contributed by atoms with Gasteiger partial charge in [-0.2, -0.15) is 5.10 Å². The van der Waals surface area contributed by atoms with Crippen LogP contribution < -0.4 is 10.1 Å². The summed E-state index contributed by atoms with van der Waals surface area (Å²) in [5, 5.41) is 9.81. The number of ether oxygens (including phenoxy) is 2. The first-order chi connectivity index (χ1) is 16.3. The van der Waals surface area contributed by atoms with Crippen molar-refractivity contribution < 1.29 is 23.0 Å². The van der Waals surface area contributed by atoms with Crippen LogP contribution >= 0.6 is 11.6 Å². The molecule has 3 heterocycles. The molecule has 8 nitrogen and oxygen atoms in total. The Hall–Kier alpha value is -3.50. The largest absolute Gasteiger partial charge is 0.487 e. The van der Waals surface area contributed by atoms with Gasteiger partial charge < -0.3 is 19.4 Å². The van der Waals surface area contributed by atoms with Gasteiger partial charge in [-0.1, -0.05) is 6.92 Å². The molecule has 11 heteroatoms. The fraction of sp³-hybridized carbons (Fsp3) is 0.261. The third kappa shape index (κ3) is 4.34. The minimum atomic E-state index is -3.81. The van der Waals surface area contributed by atoms with Gasteiger partial charge in [0, 0.05) is 34.6 Å². The number of halogens is 3. The highest BCUT2D eigenvalue weighted by Crippen LogP contribution is 2.35. The van der Waals surface area contributed by atoms with Crippen molar-refractivity contribution in [2.24, 2.45) is 0 Å². The minimum Gasteiger partial charge on any atom is -0.420 e. The molecule has 0 saturated carbocycles. The van der Waals surface area contributed by atoms with Gasteiger partial charge in [0.15, 0.2) is 0 Å². The Morgan fingerprint density at radius 1 is 1.32 bits per heavy atom. The molecular weight excluding hydrogens is 468 g/mol. The van der Waals surface area contributed by atoms with Crippen LogP contribution in [0.2, 0.25) is 0 Å². The number of nitrogens with one attached hydrogen (secondary N) is 2. The summed E-state index contributed by atoms with van der Waals surface area (Å²) in [4.78, 5) is 17.8. The number of hydrogen-bond donors (Lipinski definition) is 2. The first-order valence-electron chi connectivity index (χ1n) is 10.6. The number of anilines is 1.